The zero-order chi connectivity index (χ0) is 21.1. The van der Waals surface area contributed by atoms with Gasteiger partial charge in [0.05, 0.1) is 31.1 Å². The second-order valence-corrected chi connectivity index (χ2v) is 7.95. The van der Waals surface area contributed by atoms with Gasteiger partial charge in [0, 0.05) is 9.90 Å². The Morgan fingerprint density at radius 1 is 1.28 bits per heavy atom. The van der Waals surface area contributed by atoms with Crippen LogP contribution in [-0.2, 0) is 16.1 Å². The highest BCUT2D eigenvalue weighted by Gasteiger charge is 2.14. The normalized spacial score (nSPS) is 10.8. The lowest BCUT2D eigenvalue weighted by Gasteiger charge is -2.11. The van der Waals surface area contributed by atoms with E-state index in [0.717, 1.165) is 10.4 Å². The average Bonchev–Trinajstić information content (AvgIpc) is 2.97. The molecule has 2 amide bonds. The van der Waals surface area contributed by atoms with E-state index in [1.165, 1.54) is 29.3 Å². The predicted octanol–water partition coefficient (Wildman–Crippen LogP) is 2.49. The monoisotopic (exact) mass is 434 g/mol. The second-order valence-electron chi connectivity index (χ2n) is 6.31. The first-order valence-corrected chi connectivity index (χ1v) is 9.84. The highest BCUT2D eigenvalue weighted by atomic mass is 35.5. The Bertz CT molecular complexity index is 1160. The molecule has 0 aliphatic carbocycles. The van der Waals surface area contributed by atoms with Crippen molar-refractivity contribution in [2.75, 3.05) is 19.0 Å². The van der Waals surface area contributed by atoms with Gasteiger partial charge >= 0.3 is 0 Å². The summed E-state index contributed by atoms with van der Waals surface area (Å²) in [5.74, 6) is -0.489. The van der Waals surface area contributed by atoms with Crippen LogP contribution < -0.4 is 20.9 Å². The zero-order valence-corrected chi connectivity index (χ0v) is 17.6. The Labute approximate surface area is 175 Å². The Morgan fingerprint density at radius 2 is 2.03 bits per heavy atom. The maximum absolute atomic E-state index is 12.6. The van der Waals surface area contributed by atoms with E-state index in [4.69, 9.17) is 16.3 Å². The number of aromatic nitrogens is 2. The molecular formula is C19H19ClN4O4S. The molecule has 0 aliphatic heterocycles. The van der Waals surface area contributed by atoms with Gasteiger partial charge in [0.15, 0.2) is 0 Å². The molecular weight excluding hydrogens is 416 g/mol. The molecule has 3 rings (SSSR count). The van der Waals surface area contributed by atoms with Gasteiger partial charge in [0.2, 0.25) is 11.8 Å². The molecule has 0 fully saturated rings. The number of methoxy groups -OCH3 is 1. The number of ether oxygens (including phenoxy) is 1. The summed E-state index contributed by atoms with van der Waals surface area (Å²) in [5, 5.41) is 6.07. The van der Waals surface area contributed by atoms with Crippen LogP contribution in [0.5, 0.6) is 5.75 Å². The molecule has 0 spiro atoms. The van der Waals surface area contributed by atoms with Crippen molar-refractivity contribution in [2.45, 2.75) is 20.4 Å². The summed E-state index contributed by atoms with van der Waals surface area (Å²) in [6.07, 6.45) is 1.34. The van der Waals surface area contributed by atoms with E-state index < -0.39 is 11.8 Å². The summed E-state index contributed by atoms with van der Waals surface area (Å²) < 4.78 is 6.39. The average molecular weight is 435 g/mol. The van der Waals surface area contributed by atoms with Crippen molar-refractivity contribution < 1.29 is 14.3 Å². The van der Waals surface area contributed by atoms with Gasteiger partial charge in [-0.15, -0.1) is 11.3 Å². The van der Waals surface area contributed by atoms with Gasteiger partial charge in [0.25, 0.3) is 5.56 Å². The maximum atomic E-state index is 12.6. The third-order valence-corrected chi connectivity index (χ3v) is 5.70. The lowest BCUT2D eigenvalue weighted by atomic mass is 10.2. The van der Waals surface area contributed by atoms with Crippen LogP contribution in [0.2, 0.25) is 5.02 Å². The smallest absolute Gasteiger partial charge is 0.262 e. The highest BCUT2D eigenvalue weighted by molar-refractivity contribution is 7.18. The molecule has 0 atom stereocenters. The maximum Gasteiger partial charge on any atom is 0.262 e. The van der Waals surface area contributed by atoms with Crippen LogP contribution in [0.3, 0.4) is 0 Å². The Morgan fingerprint density at radius 3 is 2.76 bits per heavy atom. The number of nitrogens with one attached hydrogen (secondary N) is 2. The van der Waals surface area contributed by atoms with E-state index in [1.54, 1.807) is 18.2 Å². The number of rotatable bonds is 6. The minimum atomic E-state index is -0.480. The van der Waals surface area contributed by atoms with Gasteiger partial charge < -0.3 is 15.4 Å². The van der Waals surface area contributed by atoms with E-state index in [-0.39, 0.29) is 18.6 Å². The Balaban J connectivity index is 1.63. The number of carbonyl (C=O) groups excluding carboxylic acids is 2. The second kappa shape index (κ2) is 8.62. The van der Waals surface area contributed by atoms with E-state index >= 15 is 0 Å². The SMILES string of the molecule is COc1ccc(Cl)cc1NC(=O)CNC(=O)Cn1cnc2sc(C)c(C)c2c1=O. The topological polar surface area (TPSA) is 102 Å². The third kappa shape index (κ3) is 4.57. The van der Waals surface area contributed by atoms with Crippen molar-refractivity contribution in [2.24, 2.45) is 0 Å². The summed E-state index contributed by atoms with van der Waals surface area (Å²) in [7, 11) is 1.47. The lowest BCUT2D eigenvalue weighted by molar-refractivity contribution is -0.124. The molecule has 0 bridgehead atoms. The number of aryl methyl sites for hydroxylation is 2. The molecule has 8 nitrogen and oxygen atoms in total. The first kappa shape index (κ1) is 20.8. The van der Waals surface area contributed by atoms with Crippen LogP contribution in [0.25, 0.3) is 10.2 Å². The summed E-state index contributed by atoms with van der Waals surface area (Å²) >= 11 is 7.37. The van der Waals surface area contributed by atoms with Crippen molar-refractivity contribution in [1.29, 1.82) is 0 Å². The Hall–Kier alpha value is -2.91. The number of hydrogen-bond donors (Lipinski definition) is 2. The number of anilines is 1. The molecule has 0 unspecified atom stereocenters. The molecule has 3 aromatic rings. The minimum absolute atomic E-state index is 0.232. The molecule has 0 radical (unpaired) electrons. The van der Waals surface area contributed by atoms with Crippen LogP contribution in [0.1, 0.15) is 10.4 Å². The standard InChI is InChI=1S/C19H19ClN4O4S/c1-10-11(2)29-18-17(10)19(27)24(9-22-18)8-16(26)21-7-15(25)23-13-6-12(20)4-5-14(13)28-3/h4-6,9H,7-8H2,1-3H3,(H,21,26)(H,23,25). The van der Waals surface area contributed by atoms with Gasteiger partial charge in [0.1, 0.15) is 17.1 Å². The number of benzene rings is 1. The fourth-order valence-corrected chi connectivity index (χ4v) is 3.90. The van der Waals surface area contributed by atoms with Gasteiger partial charge in [-0.25, -0.2) is 4.98 Å². The summed E-state index contributed by atoms with van der Waals surface area (Å²) in [5.41, 5.74) is 0.987. The number of carbonyl (C=O) groups is 2. The fraction of sp³-hybridized carbons (Fsp3) is 0.263. The summed E-state index contributed by atoms with van der Waals surface area (Å²) in [6.45, 7) is 3.28. The van der Waals surface area contributed by atoms with Gasteiger partial charge in [-0.05, 0) is 37.6 Å². The van der Waals surface area contributed by atoms with E-state index in [2.05, 4.69) is 15.6 Å². The van der Waals surface area contributed by atoms with Crippen LogP contribution in [0.4, 0.5) is 5.69 Å². The first-order valence-electron chi connectivity index (χ1n) is 8.65. The van der Waals surface area contributed by atoms with Gasteiger partial charge in [-0.2, -0.15) is 0 Å². The van der Waals surface area contributed by atoms with Crippen LogP contribution in [0.15, 0.2) is 29.3 Å². The molecule has 29 heavy (non-hydrogen) atoms. The molecule has 0 saturated carbocycles. The van der Waals surface area contributed by atoms with Crippen molar-refractivity contribution in [3.8, 4) is 5.75 Å². The fourth-order valence-electron chi connectivity index (χ4n) is 2.74. The third-order valence-electron chi connectivity index (χ3n) is 4.35. The summed E-state index contributed by atoms with van der Waals surface area (Å²) in [4.78, 5) is 42.9. The highest BCUT2D eigenvalue weighted by Crippen LogP contribution is 2.27. The number of nitrogens with zero attached hydrogens (tertiary/aromatic N) is 2. The molecule has 0 aliphatic rings. The van der Waals surface area contributed by atoms with E-state index in [1.807, 2.05) is 13.8 Å². The van der Waals surface area contributed by atoms with Gasteiger partial charge in [-0.3, -0.25) is 19.0 Å². The molecule has 1 aromatic carbocycles. The molecule has 2 heterocycles. The van der Waals surface area contributed by atoms with E-state index in [0.29, 0.717) is 26.7 Å². The molecule has 10 heteroatoms. The van der Waals surface area contributed by atoms with Crippen molar-refractivity contribution in [3.63, 3.8) is 0 Å². The Kier molecular flexibility index (Phi) is 6.19. The molecule has 2 N–H and O–H groups in total. The quantitative estimate of drug-likeness (QED) is 0.620. The zero-order valence-electron chi connectivity index (χ0n) is 16.0. The van der Waals surface area contributed by atoms with Crippen LogP contribution in [-0.4, -0.2) is 35.0 Å². The van der Waals surface area contributed by atoms with E-state index in [9.17, 15) is 14.4 Å². The van der Waals surface area contributed by atoms with Crippen LogP contribution in [0, 0.1) is 13.8 Å². The molecule has 152 valence electrons. The first-order chi connectivity index (χ1) is 13.8. The van der Waals surface area contributed by atoms with Gasteiger partial charge in [-0.1, -0.05) is 11.6 Å². The number of hydrogen-bond acceptors (Lipinski definition) is 6. The number of halogens is 1. The number of fused-ring (bicyclic) bond motifs is 1. The molecule has 2 aromatic heterocycles. The largest absolute Gasteiger partial charge is 0.495 e. The lowest BCUT2D eigenvalue weighted by Crippen LogP contribution is -2.37. The van der Waals surface area contributed by atoms with Crippen molar-refractivity contribution in [3.05, 3.63) is 50.3 Å². The molecule has 0 saturated heterocycles. The van der Waals surface area contributed by atoms with Crippen LogP contribution >= 0.6 is 22.9 Å². The number of amides is 2. The minimum Gasteiger partial charge on any atom is -0.495 e. The van der Waals surface area contributed by atoms with Crippen molar-refractivity contribution >= 4 is 50.7 Å². The summed E-state index contributed by atoms with van der Waals surface area (Å²) in [6, 6.07) is 4.81. The predicted molar refractivity (Wildman–Crippen MR) is 113 cm³/mol. The number of thiophene rings is 1. The van der Waals surface area contributed by atoms with Crippen molar-refractivity contribution in [1.82, 2.24) is 14.9 Å².